The number of ether oxygens (including phenoxy) is 2. The minimum Gasteiger partial charge on any atom is -0.493 e. The Bertz CT molecular complexity index is 660. The van der Waals surface area contributed by atoms with Gasteiger partial charge in [-0.05, 0) is 35.9 Å². The highest BCUT2D eigenvalue weighted by Gasteiger charge is 2.07. The van der Waals surface area contributed by atoms with E-state index in [0.29, 0.717) is 28.2 Å². The summed E-state index contributed by atoms with van der Waals surface area (Å²) in [5.74, 6) is 6.33. The van der Waals surface area contributed by atoms with Crippen molar-refractivity contribution < 1.29 is 9.47 Å². The van der Waals surface area contributed by atoms with Crippen LogP contribution in [0, 0.1) is 0 Å². The van der Waals surface area contributed by atoms with Crippen LogP contribution in [0.5, 0.6) is 11.5 Å². The molecular weight excluding hydrogens is 311 g/mol. The molecule has 0 saturated carbocycles. The maximum Gasteiger partial charge on any atom is 0.161 e. The molecule has 4 nitrogen and oxygen atoms in total. The van der Waals surface area contributed by atoms with Gasteiger partial charge in [0.15, 0.2) is 11.5 Å². The third-order valence-corrected chi connectivity index (χ3v) is 3.40. The lowest BCUT2D eigenvalue weighted by Gasteiger charge is -2.12. The highest BCUT2D eigenvalue weighted by molar-refractivity contribution is 6.35. The van der Waals surface area contributed by atoms with Gasteiger partial charge in [-0.25, -0.2) is 0 Å². The number of hydrogen-bond acceptors (Lipinski definition) is 4. The first-order valence-corrected chi connectivity index (χ1v) is 6.87. The molecule has 2 aromatic rings. The summed E-state index contributed by atoms with van der Waals surface area (Å²) >= 11 is 12.0. The molecule has 0 heterocycles. The van der Waals surface area contributed by atoms with Gasteiger partial charge in [-0.2, -0.15) is 5.10 Å². The Balaban J connectivity index is 2.15. The fourth-order valence-electron chi connectivity index (χ4n) is 1.76. The summed E-state index contributed by atoms with van der Waals surface area (Å²) in [6.45, 7) is 0.316. The van der Waals surface area contributed by atoms with Gasteiger partial charge < -0.3 is 15.3 Å². The zero-order valence-electron chi connectivity index (χ0n) is 11.3. The SMILES string of the molecule is COc1cc(/C=N\N)ccc1OCc1ccc(Cl)cc1Cl. The van der Waals surface area contributed by atoms with Crippen molar-refractivity contribution in [3.8, 4) is 11.5 Å². The molecule has 0 fully saturated rings. The predicted octanol–water partition coefficient (Wildman–Crippen LogP) is 3.87. The van der Waals surface area contributed by atoms with E-state index in [1.807, 2.05) is 12.1 Å². The number of rotatable bonds is 5. The Morgan fingerprint density at radius 3 is 2.62 bits per heavy atom. The molecule has 2 aromatic carbocycles. The molecule has 0 aliphatic heterocycles. The summed E-state index contributed by atoms with van der Waals surface area (Å²) in [4.78, 5) is 0. The molecule has 0 unspecified atom stereocenters. The molecule has 0 saturated heterocycles. The highest BCUT2D eigenvalue weighted by atomic mass is 35.5. The number of halogens is 2. The maximum absolute atomic E-state index is 6.11. The summed E-state index contributed by atoms with van der Waals surface area (Å²) in [6, 6.07) is 10.7. The van der Waals surface area contributed by atoms with Gasteiger partial charge in [0.2, 0.25) is 0 Å². The van der Waals surface area contributed by atoms with E-state index in [1.54, 1.807) is 31.4 Å². The average Bonchev–Trinajstić information content (AvgIpc) is 2.47. The van der Waals surface area contributed by atoms with Crippen LogP contribution in [0.2, 0.25) is 10.0 Å². The van der Waals surface area contributed by atoms with E-state index in [0.717, 1.165) is 11.1 Å². The van der Waals surface area contributed by atoms with Gasteiger partial charge in [-0.15, -0.1) is 0 Å². The lowest BCUT2D eigenvalue weighted by atomic mass is 10.2. The van der Waals surface area contributed by atoms with Crippen molar-refractivity contribution in [2.24, 2.45) is 10.9 Å². The Labute approximate surface area is 133 Å². The van der Waals surface area contributed by atoms with Gasteiger partial charge in [-0.3, -0.25) is 0 Å². The first-order valence-electron chi connectivity index (χ1n) is 6.12. The van der Waals surface area contributed by atoms with Crippen LogP contribution in [0.25, 0.3) is 0 Å². The second kappa shape index (κ2) is 7.20. The van der Waals surface area contributed by atoms with Gasteiger partial charge >= 0.3 is 0 Å². The van der Waals surface area contributed by atoms with Crippen LogP contribution in [0.1, 0.15) is 11.1 Å². The molecule has 0 amide bonds. The molecule has 2 rings (SSSR count). The largest absolute Gasteiger partial charge is 0.493 e. The van der Waals surface area contributed by atoms with E-state index in [1.165, 1.54) is 6.21 Å². The van der Waals surface area contributed by atoms with E-state index >= 15 is 0 Å². The van der Waals surface area contributed by atoms with E-state index in [-0.39, 0.29) is 0 Å². The molecule has 2 N–H and O–H groups in total. The third-order valence-electron chi connectivity index (χ3n) is 2.81. The summed E-state index contributed by atoms with van der Waals surface area (Å²) in [6.07, 6.45) is 1.53. The van der Waals surface area contributed by atoms with Gasteiger partial charge in [0.1, 0.15) is 6.61 Å². The summed E-state index contributed by atoms with van der Waals surface area (Å²) in [5, 5.41) is 4.63. The molecule has 0 bridgehead atoms. The average molecular weight is 325 g/mol. The van der Waals surface area contributed by atoms with Crippen molar-refractivity contribution in [3.05, 3.63) is 57.6 Å². The molecular formula is C15H14Cl2N2O2. The van der Waals surface area contributed by atoms with E-state index in [4.69, 9.17) is 38.5 Å². The van der Waals surface area contributed by atoms with Crippen LogP contribution in [0.3, 0.4) is 0 Å². The number of hydrazone groups is 1. The molecule has 0 atom stereocenters. The molecule has 0 aliphatic rings. The Morgan fingerprint density at radius 1 is 1.14 bits per heavy atom. The van der Waals surface area contributed by atoms with Gasteiger partial charge in [-0.1, -0.05) is 29.3 Å². The Morgan fingerprint density at radius 2 is 1.95 bits per heavy atom. The first kappa shape index (κ1) is 15.5. The van der Waals surface area contributed by atoms with Crippen molar-refractivity contribution in [1.82, 2.24) is 0 Å². The van der Waals surface area contributed by atoms with Gasteiger partial charge in [0, 0.05) is 15.6 Å². The summed E-state index contributed by atoms with van der Waals surface area (Å²) in [7, 11) is 1.57. The topological polar surface area (TPSA) is 56.8 Å². The minimum absolute atomic E-state index is 0.316. The van der Waals surface area contributed by atoms with E-state index in [2.05, 4.69) is 5.10 Å². The molecule has 0 aliphatic carbocycles. The number of hydrogen-bond donors (Lipinski definition) is 1. The van der Waals surface area contributed by atoms with E-state index in [9.17, 15) is 0 Å². The standard InChI is InChI=1S/C15H14Cl2N2O2/c1-20-15-6-10(8-19-18)2-5-14(15)21-9-11-3-4-12(16)7-13(11)17/h2-8H,9,18H2,1H3/b19-8-. The molecule has 110 valence electrons. The third kappa shape index (κ3) is 4.03. The second-order valence-corrected chi connectivity index (χ2v) is 5.06. The van der Waals surface area contributed by atoms with Crippen LogP contribution in [0.15, 0.2) is 41.5 Å². The smallest absolute Gasteiger partial charge is 0.161 e. The zero-order chi connectivity index (χ0) is 15.2. The second-order valence-electron chi connectivity index (χ2n) is 4.21. The predicted molar refractivity (Wildman–Crippen MR) is 85.6 cm³/mol. The number of methoxy groups -OCH3 is 1. The zero-order valence-corrected chi connectivity index (χ0v) is 12.9. The van der Waals surface area contributed by atoms with Crippen LogP contribution in [0.4, 0.5) is 0 Å². The van der Waals surface area contributed by atoms with Crippen molar-refractivity contribution in [1.29, 1.82) is 0 Å². The monoisotopic (exact) mass is 324 g/mol. The molecule has 0 aromatic heterocycles. The van der Waals surface area contributed by atoms with Crippen LogP contribution >= 0.6 is 23.2 Å². The fraction of sp³-hybridized carbons (Fsp3) is 0.133. The van der Waals surface area contributed by atoms with E-state index < -0.39 is 0 Å². The van der Waals surface area contributed by atoms with Gasteiger partial charge in [0.25, 0.3) is 0 Å². The van der Waals surface area contributed by atoms with Crippen molar-refractivity contribution in [2.45, 2.75) is 6.61 Å². The molecule has 0 spiro atoms. The van der Waals surface area contributed by atoms with Crippen LogP contribution < -0.4 is 15.3 Å². The molecule has 6 heteroatoms. The lowest BCUT2D eigenvalue weighted by molar-refractivity contribution is 0.284. The van der Waals surface area contributed by atoms with Crippen molar-refractivity contribution in [2.75, 3.05) is 7.11 Å². The molecule has 0 radical (unpaired) electrons. The van der Waals surface area contributed by atoms with Crippen LogP contribution in [-0.4, -0.2) is 13.3 Å². The Hall–Kier alpha value is -1.91. The summed E-state index contributed by atoms with van der Waals surface area (Å²) in [5.41, 5.74) is 1.67. The first-order chi connectivity index (χ1) is 10.1. The number of benzene rings is 2. The van der Waals surface area contributed by atoms with Gasteiger partial charge in [0.05, 0.1) is 13.3 Å². The minimum atomic E-state index is 0.316. The number of nitrogens with zero attached hydrogens (tertiary/aromatic N) is 1. The number of nitrogens with two attached hydrogens (primary N) is 1. The Kier molecular flexibility index (Phi) is 5.31. The van der Waals surface area contributed by atoms with Crippen molar-refractivity contribution >= 4 is 29.4 Å². The quantitative estimate of drug-likeness (QED) is 0.516. The summed E-state index contributed by atoms with van der Waals surface area (Å²) < 4.78 is 11.0. The highest BCUT2D eigenvalue weighted by Crippen LogP contribution is 2.29. The van der Waals surface area contributed by atoms with Crippen molar-refractivity contribution in [3.63, 3.8) is 0 Å². The fourth-order valence-corrected chi connectivity index (χ4v) is 2.23. The lowest BCUT2D eigenvalue weighted by Crippen LogP contribution is -1.99. The molecule has 21 heavy (non-hydrogen) atoms. The van der Waals surface area contributed by atoms with Crippen LogP contribution in [-0.2, 0) is 6.61 Å². The normalized spacial score (nSPS) is 10.8. The maximum atomic E-state index is 6.11.